The number of pyridine rings is 1. The lowest BCUT2D eigenvalue weighted by molar-refractivity contribution is -0.149. The molecule has 0 bridgehead atoms. The van der Waals surface area contributed by atoms with Crippen LogP contribution < -0.4 is 0 Å². The van der Waals surface area contributed by atoms with Gasteiger partial charge in [-0.2, -0.15) is 0 Å². The Labute approximate surface area is 211 Å². The van der Waals surface area contributed by atoms with E-state index in [1.807, 2.05) is 59.0 Å². The van der Waals surface area contributed by atoms with E-state index in [1.165, 1.54) is 0 Å². The van der Waals surface area contributed by atoms with E-state index in [0.717, 1.165) is 48.9 Å². The number of fused-ring (bicyclic) bond motifs is 1. The van der Waals surface area contributed by atoms with E-state index in [-0.39, 0.29) is 35.6 Å². The van der Waals surface area contributed by atoms with Crippen LogP contribution in [0.5, 0.6) is 0 Å². The fourth-order valence-corrected chi connectivity index (χ4v) is 5.67. The molecular weight excluding hydrogens is 438 g/mol. The molecule has 1 saturated carbocycles. The number of aliphatic hydroxyl groups is 1. The molecule has 0 radical (unpaired) electrons. The number of hydrogen-bond donors (Lipinski definition) is 1. The van der Waals surface area contributed by atoms with Crippen molar-refractivity contribution in [3.8, 4) is 0 Å². The predicted molar refractivity (Wildman–Crippen MR) is 140 cm³/mol. The summed E-state index contributed by atoms with van der Waals surface area (Å²) in [5.41, 5.74) is 2.53. The highest BCUT2D eigenvalue weighted by molar-refractivity contribution is 5.87. The van der Waals surface area contributed by atoms with E-state index in [2.05, 4.69) is 18.8 Å². The number of ether oxygens (including phenoxy) is 1. The molecule has 5 nitrogen and oxygen atoms in total. The average Bonchev–Trinajstić information content (AvgIpc) is 3.45. The molecule has 194 valence electrons. The monoisotopic (exact) mass is 483 g/mol. The van der Waals surface area contributed by atoms with Crippen molar-refractivity contribution in [3.05, 3.63) is 35.2 Å². The highest BCUT2D eigenvalue weighted by atomic mass is 16.5. The first-order chi connectivity index (χ1) is 16.3. The van der Waals surface area contributed by atoms with Crippen LogP contribution in [0.25, 0.3) is 6.08 Å². The Balaban J connectivity index is 1.82. The Morgan fingerprint density at radius 1 is 1.17 bits per heavy atom. The Hall–Kier alpha value is -2.01. The Kier molecular flexibility index (Phi) is 8.62. The van der Waals surface area contributed by atoms with E-state index in [0.29, 0.717) is 12.3 Å². The zero-order valence-corrected chi connectivity index (χ0v) is 22.8. The van der Waals surface area contributed by atoms with Gasteiger partial charge < -0.3 is 9.84 Å². The number of rotatable bonds is 2. The van der Waals surface area contributed by atoms with Gasteiger partial charge in [0.05, 0.1) is 11.8 Å². The number of carbonyl (C=O) groups is 2. The van der Waals surface area contributed by atoms with Crippen LogP contribution in [0.2, 0.25) is 0 Å². The zero-order valence-electron chi connectivity index (χ0n) is 22.8. The smallest absolute Gasteiger partial charge is 0.306 e. The highest BCUT2D eigenvalue weighted by Crippen LogP contribution is 2.58. The maximum Gasteiger partial charge on any atom is 0.306 e. The van der Waals surface area contributed by atoms with Crippen LogP contribution in [-0.4, -0.2) is 34.1 Å². The summed E-state index contributed by atoms with van der Waals surface area (Å²) in [4.78, 5) is 30.7. The lowest BCUT2D eigenvalue weighted by atomic mass is 9.74. The quantitative estimate of drug-likeness (QED) is 0.499. The van der Waals surface area contributed by atoms with Crippen molar-refractivity contribution < 1.29 is 19.4 Å². The van der Waals surface area contributed by atoms with E-state index >= 15 is 0 Å². The molecule has 2 heterocycles. The molecule has 1 saturated heterocycles. The van der Waals surface area contributed by atoms with Gasteiger partial charge in [0.1, 0.15) is 11.9 Å². The number of cyclic esters (lactones) is 1. The number of aryl methyl sites for hydroxylation is 1. The molecule has 6 atom stereocenters. The number of ketones is 1. The molecule has 1 aliphatic carbocycles. The third-order valence-corrected chi connectivity index (χ3v) is 8.67. The number of nitrogens with zero attached hydrogens (tertiary/aromatic N) is 1. The topological polar surface area (TPSA) is 76.5 Å². The van der Waals surface area contributed by atoms with Gasteiger partial charge in [-0.05, 0) is 86.5 Å². The van der Waals surface area contributed by atoms with Crippen molar-refractivity contribution in [3.63, 3.8) is 0 Å². The number of esters is 1. The molecule has 2 aliphatic rings. The second-order valence-corrected chi connectivity index (χ2v) is 12.3. The fourth-order valence-electron chi connectivity index (χ4n) is 5.67. The van der Waals surface area contributed by atoms with Crippen molar-refractivity contribution >= 4 is 17.8 Å². The molecule has 1 aromatic rings. The molecule has 1 N–H and O–H groups in total. The lowest BCUT2D eigenvalue weighted by Crippen LogP contribution is -2.39. The minimum absolute atomic E-state index is 0.0176. The van der Waals surface area contributed by atoms with Gasteiger partial charge in [0.2, 0.25) is 0 Å². The third kappa shape index (κ3) is 7.03. The van der Waals surface area contributed by atoms with Crippen LogP contribution >= 0.6 is 0 Å². The molecule has 2 fully saturated rings. The number of aromatic nitrogens is 1. The molecule has 5 heteroatoms. The maximum absolute atomic E-state index is 13.2. The van der Waals surface area contributed by atoms with Gasteiger partial charge in [-0.15, -0.1) is 0 Å². The second-order valence-electron chi connectivity index (χ2n) is 12.3. The molecule has 1 aliphatic heterocycles. The van der Waals surface area contributed by atoms with Crippen LogP contribution in [0, 0.1) is 35.5 Å². The van der Waals surface area contributed by atoms with Crippen molar-refractivity contribution in [2.45, 2.75) is 106 Å². The third-order valence-electron chi connectivity index (χ3n) is 8.67. The largest absolute Gasteiger partial charge is 0.458 e. The summed E-state index contributed by atoms with van der Waals surface area (Å²) in [7, 11) is 0. The normalized spacial score (nSPS) is 35.2. The number of hydrogen-bond acceptors (Lipinski definition) is 5. The SMILES string of the molecule is C/C(=C\c1ccc(C)cn1)[C@@H]1C[C@@H]2C[C@@]2(C)CCC[C@H](C)[C@H](O)[C@@H](C)C(=O)C(C)(C)CCC(=O)O1. The summed E-state index contributed by atoms with van der Waals surface area (Å²) >= 11 is 0. The van der Waals surface area contributed by atoms with Gasteiger partial charge in [-0.25, -0.2) is 0 Å². The van der Waals surface area contributed by atoms with Crippen molar-refractivity contribution in [1.29, 1.82) is 0 Å². The summed E-state index contributed by atoms with van der Waals surface area (Å²) < 4.78 is 6.05. The van der Waals surface area contributed by atoms with E-state index in [4.69, 9.17) is 4.74 Å². The van der Waals surface area contributed by atoms with Crippen molar-refractivity contribution in [2.24, 2.45) is 28.6 Å². The van der Waals surface area contributed by atoms with Gasteiger partial charge in [-0.1, -0.05) is 47.1 Å². The van der Waals surface area contributed by atoms with Crippen LogP contribution in [0.3, 0.4) is 0 Å². The zero-order chi connectivity index (χ0) is 26.0. The van der Waals surface area contributed by atoms with Gasteiger partial charge in [0, 0.05) is 24.0 Å². The second kappa shape index (κ2) is 10.9. The van der Waals surface area contributed by atoms with Crippen LogP contribution in [0.4, 0.5) is 0 Å². The standard InChI is InChI=1S/C30H45NO4/c1-19-10-11-24(31-18-19)15-21(3)25-16-23-17-30(23,7)13-8-9-20(2)27(33)22(4)28(34)29(5,6)14-12-26(32)35-25/h10-11,15,18,20,22-23,25,27,33H,8-9,12-14,16-17H2,1-7H3/b21-15+/t20-,22+,23+,25-,27-,30+/m0/s1. The number of Topliss-reactive ketones (excluding diaryl/α,β-unsaturated/α-hetero) is 1. The van der Waals surface area contributed by atoms with Crippen LogP contribution in [0.1, 0.15) is 97.7 Å². The van der Waals surface area contributed by atoms with Crippen molar-refractivity contribution in [1.82, 2.24) is 4.98 Å². The van der Waals surface area contributed by atoms with E-state index in [1.54, 1.807) is 0 Å². The van der Waals surface area contributed by atoms with Crippen molar-refractivity contribution in [2.75, 3.05) is 0 Å². The first-order valence-electron chi connectivity index (χ1n) is 13.3. The minimum atomic E-state index is -0.697. The Bertz CT molecular complexity index is 934. The summed E-state index contributed by atoms with van der Waals surface area (Å²) in [5, 5.41) is 10.9. The van der Waals surface area contributed by atoms with Crippen LogP contribution in [-0.2, 0) is 14.3 Å². The van der Waals surface area contributed by atoms with Gasteiger partial charge in [0.15, 0.2) is 0 Å². The molecular formula is C30H45NO4. The molecule has 0 aromatic carbocycles. The molecule has 1 aromatic heterocycles. The Morgan fingerprint density at radius 2 is 1.89 bits per heavy atom. The predicted octanol–water partition coefficient (Wildman–Crippen LogP) is 6.31. The number of carbonyl (C=O) groups excluding carboxylic acids is 2. The molecule has 0 amide bonds. The summed E-state index contributed by atoms with van der Waals surface area (Å²) in [6, 6.07) is 4.02. The molecule has 0 unspecified atom stereocenters. The molecule has 0 spiro atoms. The maximum atomic E-state index is 13.2. The average molecular weight is 484 g/mol. The summed E-state index contributed by atoms with van der Waals surface area (Å²) in [5.74, 6) is -0.114. The molecule has 35 heavy (non-hydrogen) atoms. The van der Waals surface area contributed by atoms with Gasteiger partial charge in [0.25, 0.3) is 0 Å². The summed E-state index contributed by atoms with van der Waals surface area (Å²) in [6.07, 6.45) is 8.50. The Morgan fingerprint density at radius 3 is 2.54 bits per heavy atom. The molecule has 3 rings (SSSR count). The van der Waals surface area contributed by atoms with E-state index < -0.39 is 17.4 Å². The minimum Gasteiger partial charge on any atom is -0.458 e. The first kappa shape index (κ1) is 27.6. The van der Waals surface area contributed by atoms with Gasteiger partial charge in [-0.3, -0.25) is 14.6 Å². The fraction of sp³-hybridized carbons (Fsp3) is 0.700. The van der Waals surface area contributed by atoms with Crippen LogP contribution in [0.15, 0.2) is 23.9 Å². The number of aliphatic hydroxyl groups excluding tert-OH is 1. The lowest BCUT2D eigenvalue weighted by Gasteiger charge is -2.31. The summed E-state index contributed by atoms with van der Waals surface area (Å²) in [6.45, 7) is 14.0. The van der Waals surface area contributed by atoms with Gasteiger partial charge >= 0.3 is 5.97 Å². The first-order valence-corrected chi connectivity index (χ1v) is 13.3. The highest BCUT2D eigenvalue weighted by Gasteiger charge is 2.50. The van der Waals surface area contributed by atoms with E-state index in [9.17, 15) is 14.7 Å².